The van der Waals surface area contributed by atoms with Gasteiger partial charge in [0.2, 0.25) is 0 Å². The molecule has 3 N–H and O–H groups in total. The topological polar surface area (TPSA) is 166 Å². The summed E-state index contributed by atoms with van der Waals surface area (Å²) in [6.07, 6.45) is 23.1. The predicted octanol–water partition coefficient (Wildman–Crippen LogP) is 13.3. The summed E-state index contributed by atoms with van der Waals surface area (Å²) in [6.45, 7) is 6.26. The number of amides is 1. The van der Waals surface area contributed by atoms with E-state index in [-0.39, 0.29) is 40.2 Å². The lowest BCUT2D eigenvalue weighted by Crippen LogP contribution is -2.45. The molecule has 1 saturated heterocycles. The molecule has 0 spiro atoms. The maximum atomic E-state index is 13.4. The van der Waals surface area contributed by atoms with Crippen LogP contribution in [0, 0.1) is 23.7 Å². The maximum Gasteiger partial charge on any atom is 0.336 e. The van der Waals surface area contributed by atoms with Crippen LogP contribution < -0.4 is 20.2 Å². The van der Waals surface area contributed by atoms with Gasteiger partial charge in [0.25, 0.3) is 5.91 Å². The summed E-state index contributed by atoms with van der Waals surface area (Å²) < 4.78 is 21.6. The zero-order valence-corrected chi connectivity index (χ0v) is 45.8. The number of unbranched alkanes of at least 4 members (excludes halogenated alkanes) is 6. The third-order valence-electron chi connectivity index (χ3n) is 17.6. The zero-order valence-electron chi connectivity index (χ0n) is 45.8. The van der Waals surface area contributed by atoms with Gasteiger partial charge in [0.05, 0.1) is 58.2 Å². The Morgan fingerprint density at radius 1 is 0.696 bits per heavy atom. The number of hydrogen-bond donors (Lipinski definition) is 3. The van der Waals surface area contributed by atoms with Crippen molar-refractivity contribution in [2.45, 2.75) is 122 Å². The molecule has 4 bridgehead atoms. The smallest absolute Gasteiger partial charge is 0.336 e. The molecule has 2 aliphatic heterocycles. The summed E-state index contributed by atoms with van der Waals surface area (Å²) in [4.78, 5) is 38.3. The first-order chi connectivity index (χ1) is 38.5. The summed E-state index contributed by atoms with van der Waals surface area (Å²) in [5, 5.41) is 32.4. The maximum absolute atomic E-state index is 13.4. The minimum absolute atomic E-state index is 0.0445. The van der Waals surface area contributed by atoms with E-state index in [1.807, 2.05) is 6.20 Å². The van der Waals surface area contributed by atoms with Crippen LogP contribution in [0.25, 0.3) is 39.0 Å². The van der Waals surface area contributed by atoms with Crippen LogP contribution in [0.5, 0.6) is 17.2 Å². The fraction of sp³-hybridized carbons (Fsp3) is 0.439. The third-order valence-corrected chi connectivity index (χ3v) is 17.6. The summed E-state index contributed by atoms with van der Waals surface area (Å²) >= 11 is 0. The Bertz CT molecular complexity index is 3280. The van der Waals surface area contributed by atoms with E-state index in [4.69, 9.17) is 13.9 Å². The highest BCUT2D eigenvalue weighted by Gasteiger charge is 2.46. The van der Waals surface area contributed by atoms with Crippen molar-refractivity contribution >= 4 is 28.4 Å². The number of ether oxygens (including phenoxy) is 2. The number of carbonyl (C=O) groups excluding carboxylic acids is 1. The number of aryl methyl sites for hydroxylation is 1. The largest absolute Gasteiger partial charge is 0.508 e. The summed E-state index contributed by atoms with van der Waals surface area (Å²) in [7, 11) is 2.47. The minimum Gasteiger partial charge on any atom is -0.508 e. The van der Waals surface area contributed by atoms with E-state index < -0.39 is 11.9 Å². The summed E-state index contributed by atoms with van der Waals surface area (Å²) in [5.74, 6) is 3.55. The zero-order chi connectivity index (χ0) is 54.3. The lowest BCUT2D eigenvalue weighted by Gasteiger charge is -2.52. The van der Waals surface area contributed by atoms with Crippen molar-refractivity contribution in [2.24, 2.45) is 23.7 Å². The molecule has 4 saturated carbocycles. The van der Waals surface area contributed by atoms with E-state index in [0.29, 0.717) is 52.8 Å². The van der Waals surface area contributed by atoms with Gasteiger partial charge in [0.1, 0.15) is 34.3 Å². The number of hydrogen-bond acceptors (Lipinski definition) is 9. The van der Waals surface area contributed by atoms with Crippen molar-refractivity contribution in [1.82, 2.24) is 20.3 Å². The molecule has 5 aliphatic carbocycles. The number of likely N-dealkylation sites (tertiary alicyclic amines) is 1. The van der Waals surface area contributed by atoms with Crippen molar-refractivity contribution in [3.63, 3.8) is 0 Å². The number of fused-ring (bicyclic) bond motifs is 2. The number of phenolic OH excluding ortho intramolecular Hbond substituents is 1. The molecule has 79 heavy (non-hydrogen) atoms. The fourth-order valence-corrected chi connectivity index (χ4v) is 13.8. The van der Waals surface area contributed by atoms with Gasteiger partial charge < -0.3 is 33.9 Å². The molecular weight excluding hydrogens is 991 g/mol. The van der Waals surface area contributed by atoms with Crippen LogP contribution in [0.2, 0.25) is 0 Å². The molecule has 13 nitrogen and oxygen atoms in total. The van der Waals surface area contributed by atoms with Crippen LogP contribution in [-0.4, -0.2) is 81.5 Å². The number of nitrogens with zero attached hydrogens (tertiary/aromatic N) is 4. The van der Waals surface area contributed by atoms with Crippen molar-refractivity contribution in [1.29, 1.82) is 0 Å². The second kappa shape index (κ2) is 24.4. The molecule has 4 aromatic carbocycles. The summed E-state index contributed by atoms with van der Waals surface area (Å²) in [6, 6.07) is 31.2. The summed E-state index contributed by atoms with van der Waals surface area (Å²) in [5.41, 5.74) is 7.71. The van der Waals surface area contributed by atoms with Gasteiger partial charge >= 0.3 is 5.97 Å². The lowest BCUT2D eigenvalue weighted by atomic mass is 9.53. The number of carboxylic acids is 1. The normalized spacial score (nSPS) is 19.4. The van der Waals surface area contributed by atoms with E-state index in [2.05, 4.69) is 71.2 Å². The average Bonchev–Trinajstić information content (AvgIpc) is 3.96. The van der Waals surface area contributed by atoms with Crippen LogP contribution in [0.15, 0.2) is 124 Å². The van der Waals surface area contributed by atoms with Crippen molar-refractivity contribution < 1.29 is 38.2 Å². The van der Waals surface area contributed by atoms with E-state index in [0.717, 1.165) is 62.0 Å². The number of nitrogens with one attached hydrogen (secondary N) is 1. The van der Waals surface area contributed by atoms with E-state index >= 15 is 0 Å². The van der Waals surface area contributed by atoms with Crippen LogP contribution >= 0.6 is 0 Å². The second-order valence-corrected chi connectivity index (χ2v) is 23.5. The number of phenols is 1. The predicted molar refractivity (Wildman–Crippen MR) is 307 cm³/mol. The number of benzene rings is 5. The van der Waals surface area contributed by atoms with Crippen LogP contribution in [-0.2, 0) is 13.1 Å². The Morgan fingerprint density at radius 2 is 1.32 bits per heavy atom. The number of quaternary nitrogens is 1. The molecule has 5 aromatic rings. The van der Waals surface area contributed by atoms with Gasteiger partial charge in [0, 0.05) is 40.8 Å². The van der Waals surface area contributed by atoms with Gasteiger partial charge in [-0.15, -0.1) is 5.10 Å². The Kier molecular flexibility index (Phi) is 16.6. The molecule has 12 rings (SSSR count). The molecule has 0 radical (unpaired) electrons. The number of aromatic nitrogens is 3. The van der Waals surface area contributed by atoms with Crippen molar-refractivity contribution in [2.75, 3.05) is 39.9 Å². The standard InChI is InChI=1S/C66H75N5O8/c1-71(29-9-3-4-10-30-71)31-11-5-7-13-33-78-55-23-16-47(17-24-55)62(63-49-35-44-34-45(37-49)38-50(63)36-44)46-14-21-54(22-15-46)77-32-12-6-2-8-28-70-43-51(68-69-70)42-67-65(74)48-18-25-56(59(39-48)66(75)76)64-57-26-19-52(72)40-60(57)79-61-41-53(73)20-27-58(61)64/h14-27,39-41,43-45,49-50H,2-13,28-38,42H2,1H3,(H2-,67,72,73,74,75,76)/p+1. The molecule has 412 valence electrons. The van der Waals surface area contributed by atoms with E-state index in [1.54, 1.807) is 34.5 Å². The minimum atomic E-state index is -1.23. The molecule has 0 atom stereocenters. The first-order valence-electron chi connectivity index (χ1n) is 29.3. The van der Waals surface area contributed by atoms with Gasteiger partial charge in [-0.25, -0.2) is 4.79 Å². The molecule has 1 aromatic heterocycles. The third kappa shape index (κ3) is 12.8. The molecule has 5 fully saturated rings. The van der Waals surface area contributed by atoms with Crippen molar-refractivity contribution in [3.8, 4) is 39.7 Å². The number of rotatable bonds is 23. The van der Waals surface area contributed by atoms with Gasteiger partial charge in [0.15, 0.2) is 5.43 Å². The lowest BCUT2D eigenvalue weighted by molar-refractivity contribution is -0.909. The first-order valence-corrected chi connectivity index (χ1v) is 29.3. The molecule has 3 heterocycles. The van der Waals surface area contributed by atoms with Gasteiger partial charge in [-0.05, 0) is 209 Å². The van der Waals surface area contributed by atoms with Gasteiger partial charge in [-0.1, -0.05) is 47.5 Å². The SMILES string of the molecule is C[N+]1(CCCCCCOc2ccc(C(=C3C4CC5CC(C4)CC3C5)c3ccc(OCCCCCCn4cc(CNC(=O)c5ccc(-c6c7ccc(=O)cc-7oc7cc(O)ccc67)c(C(=O)O)c5)nn4)cc3)cc2)CCCCCC1. The number of carboxylic acid groups (broad SMARTS) is 1. The Morgan fingerprint density at radius 3 is 1.97 bits per heavy atom. The molecule has 1 amide bonds. The first kappa shape index (κ1) is 53.7. The number of aromatic hydroxyl groups is 1. The number of carbonyl (C=O) groups is 2. The van der Waals surface area contributed by atoms with Crippen LogP contribution in [0.3, 0.4) is 0 Å². The van der Waals surface area contributed by atoms with Gasteiger partial charge in [-0.2, -0.15) is 0 Å². The highest BCUT2D eigenvalue weighted by atomic mass is 16.5. The highest BCUT2D eigenvalue weighted by molar-refractivity contribution is 6.09. The highest BCUT2D eigenvalue weighted by Crippen LogP contribution is 2.58. The quantitative estimate of drug-likeness (QED) is 0.0319. The molecule has 7 aliphatic rings. The van der Waals surface area contributed by atoms with Crippen LogP contribution in [0.4, 0.5) is 0 Å². The Balaban J connectivity index is 0.633. The average molecular weight is 1070 g/mol. The number of aromatic carboxylic acids is 1. The molecule has 13 heteroatoms. The number of allylic oxidation sites excluding steroid dienone is 1. The molecular formula is C66H76N5O8+. The second-order valence-electron chi connectivity index (χ2n) is 23.5. The van der Waals surface area contributed by atoms with E-state index in [9.17, 15) is 24.6 Å². The fourth-order valence-electron chi connectivity index (χ4n) is 13.8. The Hall–Kier alpha value is -7.25. The monoisotopic (exact) mass is 1070 g/mol. The van der Waals surface area contributed by atoms with E-state index in [1.165, 1.54) is 148 Å². The van der Waals surface area contributed by atoms with Gasteiger partial charge in [-0.3, -0.25) is 14.3 Å². The Labute approximate surface area is 463 Å². The van der Waals surface area contributed by atoms with Crippen molar-refractivity contribution in [3.05, 3.63) is 153 Å². The molecule has 0 unspecified atom stereocenters. The van der Waals surface area contributed by atoms with Crippen LogP contribution in [0.1, 0.15) is 147 Å².